The van der Waals surface area contributed by atoms with Gasteiger partial charge in [0.25, 0.3) is 0 Å². The largest absolute Gasteiger partial charge is 0.334 e. The lowest BCUT2D eigenvalue weighted by molar-refractivity contribution is -0.384. The van der Waals surface area contributed by atoms with Gasteiger partial charge in [0.05, 0.1) is 10.4 Å². The Morgan fingerprint density at radius 3 is 2.59 bits per heavy atom. The topological polar surface area (TPSA) is 68.1 Å². The van der Waals surface area contributed by atoms with Crippen molar-refractivity contribution in [2.24, 2.45) is 0 Å². The number of anilines is 2. The van der Waals surface area contributed by atoms with Gasteiger partial charge in [-0.05, 0) is 37.6 Å². The fraction of sp³-hybridized carbons (Fsp3) is 0.118. The zero-order valence-corrected chi connectivity index (χ0v) is 12.3. The Morgan fingerprint density at radius 2 is 1.86 bits per heavy atom. The monoisotopic (exact) mass is 293 g/mol. The van der Waals surface area contributed by atoms with Crippen LogP contribution >= 0.6 is 0 Å². The van der Waals surface area contributed by atoms with E-state index in [2.05, 4.69) is 10.3 Å². The molecular weight excluding hydrogens is 278 g/mol. The molecule has 0 amide bonds. The van der Waals surface area contributed by atoms with Crippen LogP contribution in [0.2, 0.25) is 0 Å². The Hall–Kier alpha value is -2.95. The van der Waals surface area contributed by atoms with E-state index < -0.39 is 0 Å². The Kier molecular flexibility index (Phi) is 3.47. The van der Waals surface area contributed by atoms with Crippen LogP contribution in [0.15, 0.2) is 48.5 Å². The SMILES string of the molecule is Cc1cccc(Nc2nc3ccccc3c(C)c2[N+](=O)[O-])c1. The quantitative estimate of drug-likeness (QED) is 0.570. The zero-order valence-electron chi connectivity index (χ0n) is 12.3. The average molecular weight is 293 g/mol. The third kappa shape index (κ3) is 2.48. The molecule has 22 heavy (non-hydrogen) atoms. The maximum absolute atomic E-state index is 11.5. The number of nitrogens with one attached hydrogen (secondary N) is 1. The van der Waals surface area contributed by atoms with Gasteiger partial charge in [-0.2, -0.15) is 0 Å². The standard InChI is InChI=1S/C17H15N3O2/c1-11-6-5-7-13(10-11)18-17-16(20(21)22)12(2)14-8-3-4-9-15(14)19-17/h3-10H,1-2H3,(H,18,19). The van der Waals surface area contributed by atoms with Crippen molar-refractivity contribution in [1.29, 1.82) is 0 Å². The zero-order chi connectivity index (χ0) is 15.7. The third-order valence-corrected chi connectivity index (χ3v) is 3.58. The minimum atomic E-state index is -0.382. The molecule has 0 bridgehead atoms. The molecule has 110 valence electrons. The van der Waals surface area contributed by atoms with E-state index >= 15 is 0 Å². The van der Waals surface area contributed by atoms with E-state index in [1.54, 1.807) is 6.92 Å². The summed E-state index contributed by atoms with van der Waals surface area (Å²) < 4.78 is 0. The van der Waals surface area contributed by atoms with E-state index in [0.29, 0.717) is 5.56 Å². The van der Waals surface area contributed by atoms with Gasteiger partial charge >= 0.3 is 5.69 Å². The molecule has 2 aromatic carbocycles. The number of para-hydroxylation sites is 1. The number of nitro groups is 1. The summed E-state index contributed by atoms with van der Waals surface area (Å²) in [5.74, 6) is 0.270. The van der Waals surface area contributed by atoms with Crippen LogP contribution in [0.25, 0.3) is 10.9 Å². The normalized spacial score (nSPS) is 10.6. The number of fused-ring (bicyclic) bond motifs is 1. The molecule has 0 fully saturated rings. The van der Waals surface area contributed by atoms with Gasteiger partial charge in [0.1, 0.15) is 0 Å². The van der Waals surface area contributed by atoms with E-state index in [4.69, 9.17) is 0 Å². The van der Waals surface area contributed by atoms with Crippen LogP contribution in [-0.2, 0) is 0 Å². The third-order valence-electron chi connectivity index (χ3n) is 3.58. The number of aromatic nitrogens is 1. The Balaban J connectivity index is 2.19. The smallest absolute Gasteiger partial charge is 0.315 e. The lowest BCUT2D eigenvalue weighted by Gasteiger charge is -2.10. The molecule has 0 unspecified atom stereocenters. The van der Waals surface area contributed by atoms with Crippen molar-refractivity contribution in [3.05, 3.63) is 69.8 Å². The molecule has 0 aliphatic heterocycles. The van der Waals surface area contributed by atoms with Gasteiger partial charge in [0, 0.05) is 16.6 Å². The van der Waals surface area contributed by atoms with Gasteiger partial charge in [-0.1, -0.05) is 30.3 Å². The van der Waals surface area contributed by atoms with Crippen LogP contribution in [0, 0.1) is 24.0 Å². The summed E-state index contributed by atoms with van der Waals surface area (Å²) >= 11 is 0. The van der Waals surface area contributed by atoms with Crippen molar-refractivity contribution in [1.82, 2.24) is 4.98 Å². The average Bonchev–Trinajstić information content (AvgIpc) is 2.47. The maximum Gasteiger partial charge on any atom is 0.315 e. The molecule has 0 saturated heterocycles. The Bertz CT molecular complexity index is 875. The van der Waals surface area contributed by atoms with Crippen molar-refractivity contribution < 1.29 is 4.92 Å². The first kappa shape index (κ1) is 14.0. The van der Waals surface area contributed by atoms with Crippen molar-refractivity contribution in [3.8, 4) is 0 Å². The first-order valence-electron chi connectivity index (χ1n) is 6.93. The fourth-order valence-corrected chi connectivity index (χ4v) is 2.54. The predicted molar refractivity (Wildman–Crippen MR) is 87.6 cm³/mol. The Labute approximate surface area is 127 Å². The molecule has 0 aliphatic carbocycles. The van der Waals surface area contributed by atoms with Crippen molar-refractivity contribution >= 4 is 28.1 Å². The van der Waals surface area contributed by atoms with Crippen molar-refractivity contribution in [2.75, 3.05) is 5.32 Å². The van der Waals surface area contributed by atoms with Gasteiger partial charge in [-0.15, -0.1) is 0 Å². The van der Waals surface area contributed by atoms with E-state index in [1.807, 2.05) is 55.5 Å². The number of aryl methyl sites for hydroxylation is 2. The number of rotatable bonds is 3. The van der Waals surface area contributed by atoms with Gasteiger partial charge < -0.3 is 5.32 Å². The molecular formula is C17H15N3O2. The lowest BCUT2D eigenvalue weighted by Crippen LogP contribution is -2.03. The fourth-order valence-electron chi connectivity index (χ4n) is 2.54. The number of hydrogen-bond donors (Lipinski definition) is 1. The summed E-state index contributed by atoms with van der Waals surface area (Å²) in [5, 5.41) is 15.3. The number of hydrogen-bond acceptors (Lipinski definition) is 4. The molecule has 0 radical (unpaired) electrons. The molecule has 5 nitrogen and oxygen atoms in total. The maximum atomic E-state index is 11.5. The van der Waals surface area contributed by atoms with E-state index in [-0.39, 0.29) is 16.4 Å². The second kappa shape index (κ2) is 5.44. The van der Waals surface area contributed by atoms with Gasteiger partial charge in [-0.3, -0.25) is 10.1 Å². The van der Waals surface area contributed by atoms with Crippen molar-refractivity contribution in [3.63, 3.8) is 0 Å². The summed E-state index contributed by atoms with van der Waals surface area (Å²) in [7, 11) is 0. The van der Waals surface area contributed by atoms with Crippen LogP contribution in [0.1, 0.15) is 11.1 Å². The minimum absolute atomic E-state index is 0.0141. The highest BCUT2D eigenvalue weighted by Gasteiger charge is 2.22. The molecule has 0 spiro atoms. The molecule has 3 rings (SSSR count). The lowest BCUT2D eigenvalue weighted by atomic mass is 10.1. The van der Waals surface area contributed by atoms with Gasteiger partial charge in [0.15, 0.2) is 0 Å². The predicted octanol–water partition coefficient (Wildman–Crippen LogP) is 4.50. The highest BCUT2D eigenvalue weighted by Crippen LogP contribution is 2.34. The van der Waals surface area contributed by atoms with Crippen LogP contribution in [0.4, 0.5) is 17.2 Å². The highest BCUT2D eigenvalue weighted by molar-refractivity contribution is 5.89. The Morgan fingerprint density at radius 1 is 1.09 bits per heavy atom. The summed E-state index contributed by atoms with van der Waals surface area (Å²) in [6, 6.07) is 15.1. The van der Waals surface area contributed by atoms with Crippen LogP contribution in [0.5, 0.6) is 0 Å². The molecule has 1 N–H and O–H groups in total. The summed E-state index contributed by atoms with van der Waals surface area (Å²) in [5.41, 5.74) is 3.22. The van der Waals surface area contributed by atoms with E-state index in [0.717, 1.165) is 22.2 Å². The molecule has 1 aromatic heterocycles. The highest BCUT2D eigenvalue weighted by atomic mass is 16.6. The summed E-state index contributed by atoms with van der Waals surface area (Å²) in [4.78, 5) is 15.5. The molecule has 0 saturated carbocycles. The molecule has 1 heterocycles. The molecule has 3 aromatic rings. The second-order valence-corrected chi connectivity index (χ2v) is 5.20. The molecule has 5 heteroatoms. The van der Waals surface area contributed by atoms with Crippen molar-refractivity contribution in [2.45, 2.75) is 13.8 Å². The summed E-state index contributed by atoms with van der Waals surface area (Å²) in [6.07, 6.45) is 0. The summed E-state index contributed by atoms with van der Waals surface area (Å²) in [6.45, 7) is 3.72. The first-order chi connectivity index (χ1) is 10.6. The number of benzene rings is 2. The van der Waals surface area contributed by atoms with Crippen LogP contribution in [-0.4, -0.2) is 9.91 Å². The van der Waals surface area contributed by atoms with E-state index in [9.17, 15) is 10.1 Å². The van der Waals surface area contributed by atoms with Crippen LogP contribution in [0.3, 0.4) is 0 Å². The minimum Gasteiger partial charge on any atom is -0.334 e. The number of pyridine rings is 1. The van der Waals surface area contributed by atoms with Gasteiger partial charge in [-0.25, -0.2) is 4.98 Å². The second-order valence-electron chi connectivity index (χ2n) is 5.20. The molecule has 0 aliphatic rings. The van der Waals surface area contributed by atoms with Gasteiger partial charge in [0.2, 0.25) is 5.82 Å². The molecule has 0 atom stereocenters. The number of nitrogens with zero attached hydrogens (tertiary/aromatic N) is 2. The van der Waals surface area contributed by atoms with Crippen LogP contribution < -0.4 is 5.32 Å². The van der Waals surface area contributed by atoms with E-state index in [1.165, 1.54) is 0 Å². The first-order valence-corrected chi connectivity index (χ1v) is 6.93.